The summed E-state index contributed by atoms with van der Waals surface area (Å²) < 4.78 is 16.4. The molecule has 0 saturated heterocycles. The van der Waals surface area contributed by atoms with E-state index >= 15 is 0 Å². The Morgan fingerprint density at radius 1 is 0.833 bits per heavy atom. The van der Waals surface area contributed by atoms with Gasteiger partial charge in [0.1, 0.15) is 28.2 Å². The number of phenols is 3. The first-order valence-corrected chi connectivity index (χ1v) is 8.98. The quantitative estimate of drug-likeness (QED) is 0.464. The molecule has 0 radical (unpaired) electrons. The van der Waals surface area contributed by atoms with Crippen molar-refractivity contribution in [1.82, 2.24) is 0 Å². The molecule has 7 heteroatoms. The zero-order chi connectivity index (χ0) is 21.4. The van der Waals surface area contributed by atoms with Gasteiger partial charge in [0.25, 0.3) is 0 Å². The van der Waals surface area contributed by atoms with Gasteiger partial charge in [-0.1, -0.05) is 30.3 Å². The third kappa shape index (κ3) is 3.06. The summed E-state index contributed by atoms with van der Waals surface area (Å²) in [5, 5.41) is 30.3. The maximum atomic E-state index is 13.4. The van der Waals surface area contributed by atoms with Crippen LogP contribution >= 0.6 is 0 Å². The van der Waals surface area contributed by atoms with Crippen LogP contribution in [0.2, 0.25) is 0 Å². The molecule has 0 aliphatic carbocycles. The van der Waals surface area contributed by atoms with Crippen LogP contribution in [0.3, 0.4) is 0 Å². The van der Waals surface area contributed by atoms with Crippen LogP contribution in [0.4, 0.5) is 0 Å². The second-order valence-electron chi connectivity index (χ2n) is 6.57. The summed E-state index contributed by atoms with van der Waals surface area (Å²) in [5.74, 6) is -0.399. The number of fused-ring (bicyclic) bond motifs is 1. The summed E-state index contributed by atoms with van der Waals surface area (Å²) >= 11 is 0. The Kier molecular flexibility index (Phi) is 4.71. The van der Waals surface area contributed by atoms with E-state index in [0.717, 1.165) is 6.07 Å². The fourth-order valence-electron chi connectivity index (χ4n) is 3.38. The molecule has 0 saturated carbocycles. The minimum atomic E-state index is -0.471. The lowest BCUT2D eigenvalue weighted by Gasteiger charge is -2.14. The topological polar surface area (TPSA) is 109 Å². The zero-order valence-electron chi connectivity index (χ0n) is 16.2. The van der Waals surface area contributed by atoms with Crippen LogP contribution in [0.1, 0.15) is 0 Å². The summed E-state index contributed by atoms with van der Waals surface area (Å²) in [5.41, 5.74) is 0.724. The number of methoxy groups -OCH3 is 2. The van der Waals surface area contributed by atoms with Crippen LogP contribution in [0.5, 0.6) is 28.7 Å². The maximum absolute atomic E-state index is 13.4. The second kappa shape index (κ2) is 7.36. The molecule has 0 aliphatic rings. The van der Waals surface area contributed by atoms with Crippen molar-refractivity contribution in [2.45, 2.75) is 0 Å². The van der Waals surface area contributed by atoms with E-state index in [1.807, 2.05) is 6.07 Å². The zero-order valence-corrected chi connectivity index (χ0v) is 16.2. The minimum Gasteiger partial charge on any atom is -0.508 e. The SMILES string of the molecule is COc1cc(-c2oc3cc(O)cc(O)c3c(=O)c2-c2ccccc2)cc(OC)c1O. The molecule has 30 heavy (non-hydrogen) atoms. The molecule has 4 rings (SSSR count). The molecule has 3 aromatic carbocycles. The van der Waals surface area contributed by atoms with E-state index in [0.29, 0.717) is 11.1 Å². The van der Waals surface area contributed by atoms with E-state index in [1.54, 1.807) is 24.3 Å². The van der Waals surface area contributed by atoms with Crippen LogP contribution in [0.25, 0.3) is 33.4 Å². The third-order valence-corrected chi connectivity index (χ3v) is 4.76. The van der Waals surface area contributed by atoms with Crippen molar-refractivity contribution in [2.75, 3.05) is 14.2 Å². The van der Waals surface area contributed by atoms with Gasteiger partial charge in [0.05, 0.1) is 19.8 Å². The number of hydrogen-bond acceptors (Lipinski definition) is 7. The molecular weight excluding hydrogens is 388 g/mol. The van der Waals surface area contributed by atoms with Crippen molar-refractivity contribution >= 4 is 11.0 Å². The highest BCUT2D eigenvalue weighted by molar-refractivity contribution is 5.93. The Morgan fingerprint density at radius 2 is 1.47 bits per heavy atom. The molecule has 0 unspecified atom stereocenters. The largest absolute Gasteiger partial charge is 0.508 e. The Morgan fingerprint density at radius 3 is 2.07 bits per heavy atom. The Balaban J connectivity index is 2.16. The number of phenolic OH excluding ortho intramolecular Hbond substituents is 3. The molecule has 0 amide bonds. The van der Waals surface area contributed by atoms with Crippen LogP contribution in [-0.4, -0.2) is 29.5 Å². The molecule has 152 valence electrons. The lowest BCUT2D eigenvalue weighted by Crippen LogP contribution is -2.08. The molecule has 1 heterocycles. The van der Waals surface area contributed by atoms with E-state index in [9.17, 15) is 20.1 Å². The van der Waals surface area contributed by atoms with Crippen LogP contribution in [0, 0.1) is 0 Å². The van der Waals surface area contributed by atoms with Gasteiger partial charge in [0.2, 0.25) is 11.2 Å². The monoisotopic (exact) mass is 406 g/mol. The first-order valence-electron chi connectivity index (χ1n) is 8.98. The van der Waals surface area contributed by atoms with E-state index in [2.05, 4.69) is 0 Å². The van der Waals surface area contributed by atoms with Gasteiger partial charge in [0.15, 0.2) is 11.5 Å². The predicted octanol–water partition coefficient (Wildman–Crippen LogP) is 4.26. The van der Waals surface area contributed by atoms with E-state index in [-0.39, 0.29) is 51.0 Å². The molecule has 1 aromatic heterocycles. The van der Waals surface area contributed by atoms with Gasteiger partial charge in [-0.15, -0.1) is 0 Å². The van der Waals surface area contributed by atoms with Crippen LogP contribution in [-0.2, 0) is 0 Å². The van der Waals surface area contributed by atoms with Gasteiger partial charge in [-0.2, -0.15) is 0 Å². The summed E-state index contributed by atoms with van der Waals surface area (Å²) in [6, 6.07) is 14.2. The van der Waals surface area contributed by atoms with E-state index in [4.69, 9.17) is 13.9 Å². The smallest absolute Gasteiger partial charge is 0.204 e. The lowest BCUT2D eigenvalue weighted by molar-refractivity contribution is 0.340. The van der Waals surface area contributed by atoms with Crippen molar-refractivity contribution in [3.8, 4) is 51.2 Å². The molecular formula is C23H18O7. The van der Waals surface area contributed by atoms with Gasteiger partial charge in [-0.25, -0.2) is 0 Å². The molecule has 0 spiro atoms. The van der Waals surface area contributed by atoms with Crippen LogP contribution in [0.15, 0.2) is 63.8 Å². The first-order chi connectivity index (χ1) is 14.4. The minimum absolute atomic E-state index is 0.0122. The maximum Gasteiger partial charge on any atom is 0.204 e. The van der Waals surface area contributed by atoms with Gasteiger partial charge in [-0.05, 0) is 17.7 Å². The summed E-state index contributed by atoms with van der Waals surface area (Å²) in [6.45, 7) is 0. The number of aromatic hydroxyl groups is 3. The molecule has 0 fully saturated rings. The first kappa shape index (κ1) is 19.2. The standard InChI is InChI=1S/C23H18O7/c1-28-17-8-13(9-18(29-2)21(17)26)23-19(12-6-4-3-5-7-12)22(27)20-15(25)10-14(24)11-16(20)30-23/h3-11,24-26H,1-2H3. The van der Waals surface area contributed by atoms with Crippen molar-refractivity contribution in [3.05, 3.63) is 64.8 Å². The lowest BCUT2D eigenvalue weighted by atomic mass is 9.97. The fourth-order valence-corrected chi connectivity index (χ4v) is 3.38. The summed E-state index contributed by atoms with van der Waals surface area (Å²) in [7, 11) is 2.78. The molecule has 0 aliphatic heterocycles. The van der Waals surface area contributed by atoms with Gasteiger partial charge < -0.3 is 29.2 Å². The summed E-state index contributed by atoms with van der Waals surface area (Å²) in [6.07, 6.45) is 0. The average Bonchev–Trinajstić information content (AvgIpc) is 2.73. The molecule has 7 nitrogen and oxygen atoms in total. The summed E-state index contributed by atoms with van der Waals surface area (Å²) in [4.78, 5) is 13.4. The number of rotatable bonds is 4. The number of benzene rings is 3. The average molecular weight is 406 g/mol. The van der Waals surface area contributed by atoms with Gasteiger partial charge >= 0.3 is 0 Å². The van der Waals surface area contributed by atoms with Gasteiger partial charge in [-0.3, -0.25) is 4.79 Å². The highest BCUT2D eigenvalue weighted by atomic mass is 16.5. The highest BCUT2D eigenvalue weighted by Crippen LogP contribution is 2.43. The Labute approximate surface area is 171 Å². The van der Waals surface area contributed by atoms with Gasteiger partial charge in [0, 0.05) is 17.7 Å². The highest BCUT2D eigenvalue weighted by Gasteiger charge is 2.23. The Hall–Kier alpha value is -4.13. The molecule has 0 bridgehead atoms. The third-order valence-electron chi connectivity index (χ3n) is 4.76. The van der Waals surface area contributed by atoms with Crippen molar-refractivity contribution in [1.29, 1.82) is 0 Å². The number of hydrogen-bond donors (Lipinski definition) is 3. The normalized spacial score (nSPS) is 10.9. The Bertz CT molecular complexity index is 1280. The molecule has 3 N–H and O–H groups in total. The van der Waals surface area contributed by atoms with Crippen molar-refractivity contribution < 1.29 is 29.2 Å². The second-order valence-corrected chi connectivity index (χ2v) is 6.57. The fraction of sp³-hybridized carbons (Fsp3) is 0.0870. The molecule has 0 atom stereocenters. The van der Waals surface area contributed by atoms with Crippen molar-refractivity contribution in [3.63, 3.8) is 0 Å². The van der Waals surface area contributed by atoms with E-state index in [1.165, 1.54) is 32.4 Å². The predicted molar refractivity (Wildman–Crippen MR) is 111 cm³/mol. The molecule has 4 aromatic rings. The van der Waals surface area contributed by atoms with Crippen molar-refractivity contribution in [2.24, 2.45) is 0 Å². The number of ether oxygens (including phenoxy) is 2. The van der Waals surface area contributed by atoms with E-state index < -0.39 is 5.43 Å². The van der Waals surface area contributed by atoms with Crippen LogP contribution < -0.4 is 14.9 Å².